The van der Waals surface area contributed by atoms with Crippen LogP contribution >= 0.6 is 23.5 Å². The van der Waals surface area contributed by atoms with Crippen LogP contribution in [0.1, 0.15) is 6.92 Å². The molecule has 8 nitrogen and oxygen atoms in total. The van der Waals surface area contributed by atoms with Crippen LogP contribution in [0.25, 0.3) is 0 Å². The molecule has 21 heavy (non-hydrogen) atoms. The summed E-state index contributed by atoms with van der Waals surface area (Å²) in [6.45, 7) is 1.40. The Morgan fingerprint density at radius 2 is 1.43 bits per heavy atom. The predicted molar refractivity (Wildman–Crippen MR) is 79.1 cm³/mol. The van der Waals surface area contributed by atoms with Gasteiger partial charge in [0.05, 0.1) is 6.10 Å². The molecule has 0 bridgehead atoms. The molecule has 0 aromatic carbocycles. The molecule has 1 aliphatic rings. The van der Waals surface area contributed by atoms with Crippen molar-refractivity contribution in [2.24, 2.45) is 0 Å². The van der Waals surface area contributed by atoms with Crippen LogP contribution in [0.5, 0.6) is 0 Å². The zero-order valence-electron chi connectivity index (χ0n) is 12.5. The molecule has 1 N–H and O–H groups in total. The van der Waals surface area contributed by atoms with Gasteiger partial charge in [-0.2, -0.15) is 0 Å². The molecule has 0 spiro atoms. The van der Waals surface area contributed by atoms with Gasteiger partial charge in [-0.3, -0.25) is 23.2 Å². The molecular weight excluding hydrogens is 367 g/mol. The van der Waals surface area contributed by atoms with Gasteiger partial charge in [0.2, 0.25) is 0 Å². The fraction of sp³-hybridized carbons (Fsp3) is 0.818. The molecule has 2 unspecified atom stereocenters. The summed E-state index contributed by atoms with van der Waals surface area (Å²) in [6, 6.07) is 0. The molecule has 0 aromatic heterocycles. The van der Waals surface area contributed by atoms with Crippen LogP contribution in [0.15, 0.2) is 0 Å². The normalized spacial score (nSPS) is 27.0. The van der Waals surface area contributed by atoms with Gasteiger partial charge in [-0.15, -0.1) is 0 Å². The molecular formula is C11H20BrN2O6P. The Kier molecular flexibility index (Phi) is 5.97. The lowest BCUT2D eigenvalue weighted by Gasteiger charge is -2.20. The number of alkyl halides is 1. The number of rotatable bonds is 4. The summed E-state index contributed by atoms with van der Waals surface area (Å²) in [5.41, 5.74) is 0. The minimum Gasteiger partial charge on any atom is -0.392 e. The average Bonchev–Trinajstić information content (AvgIpc) is 2.74. The molecule has 1 rings (SSSR count). The van der Waals surface area contributed by atoms with Crippen LogP contribution in [0, 0.1) is 0 Å². The van der Waals surface area contributed by atoms with E-state index in [1.807, 2.05) is 0 Å². The molecule has 0 aromatic rings. The molecule has 1 fully saturated rings. The second-order valence-electron chi connectivity index (χ2n) is 5.17. The smallest absolute Gasteiger partial charge is 0.348 e. The Bertz CT molecular complexity index is 438. The highest BCUT2D eigenvalue weighted by Gasteiger charge is 2.55. The minimum absolute atomic E-state index is 0.529. The number of halogens is 1. The first-order chi connectivity index (χ1) is 9.51. The quantitative estimate of drug-likeness (QED) is 0.549. The topological polar surface area (TPSA) is 96.4 Å². The lowest BCUT2D eigenvalue weighted by molar-refractivity contribution is -0.146. The number of likely N-dealkylation sites (N-methyl/N-ethyl adjacent to an activating group) is 2. The number of carbonyl (C=O) groups excluding carboxylic acids is 2. The van der Waals surface area contributed by atoms with Gasteiger partial charge in [0.15, 0.2) is 12.2 Å². The van der Waals surface area contributed by atoms with Gasteiger partial charge < -0.3 is 14.9 Å². The molecule has 1 saturated heterocycles. The van der Waals surface area contributed by atoms with Crippen molar-refractivity contribution in [2.75, 3.05) is 28.2 Å². The molecule has 2 amide bonds. The van der Waals surface area contributed by atoms with E-state index in [0.717, 1.165) is 0 Å². The standard InChI is InChI=1S/C11H20BrN2O6P/c1-6(15)9(12)21(18)19-7(10(16)13(2)3)8(20-21)11(17)14(4)5/h6-9,15H,1-5H3/t6?,7-,8-,9?/m1/s1. The first-order valence-electron chi connectivity index (χ1n) is 6.22. The second-order valence-corrected chi connectivity index (χ2v) is 8.92. The fourth-order valence-corrected chi connectivity index (χ4v) is 4.12. The van der Waals surface area contributed by atoms with E-state index in [1.165, 1.54) is 44.9 Å². The molecule has 1 aliphatic heterocycles. The number of hydrogen-bond donors (Lipinski definition) is 1. The van der Waals surface area contributed by atoms with Gasteiger partial charge >= 0.3 is 7.60 Å². The third-order valence-electron chi connectivity index (χ3n) is 2.86. The highest BCUT2D eigenvalue weighted by Crippen LogP contribution is 2.63. The zero-order valence-corrected chi connectivity index (χ0v) is 15.0. The largest absolute Gasteiger partial charge is 0.392 e. The molecule has 1 heterocycles. The van der Waals surface area contributed by atoms with Gasteiger partial charge in [0.25, 0.3) is 11.8 Å². The Labute approximate surface area is 132 Å². The summed E-state index contributed by atoms with van der Waals surface area (Å²) in [4.78, 5) is 26.7. The number of aliphatic hydroxyl groups is 1. The zero-order chi connectivity index (χ0) is 16.5. The summed E-state index contributed by atoms with van der Waals surface area (Å²) in [5.74, 6) is -1.06. The van der Waals surface area contributed by atoms with Gasteiger partial charge in [-0.1, -0.05) is 15.9 Å². The summed E-state index contributed by atoms with van der Waals surface area (Å²) in [5, 5.41) is 9.54. The van der Waals surface area contributed by atoms with Crippen molar-refractivity contribution in [3.05, 3.63) is 0 Å². The van der Waals surface area contributed by atoms with Crippen LogP contribution in [0.3, 0.4) is 0 Å². The van der Waals surface area contributed by atoms with E-state index in [2.05, 4.69) is 15.9 Å². The van der Waals surface area contributed by atoms with E-state index in [1.54, 1.807) is 0 Å². The van der Waals surface area contributed by atoms with Crippen molar-refractivity contribution >= 4 is 35.3 Å². The van der Waals surface area contributed by atoms with E-state index in [4.69, 9.17) is 9.05 Å². The van der Waals surface area contributed by atoms with E-state index in [0.29, 0.717) is 0 Å². The molecule has 0 aliphatic carbocycles. The second kappa shape index (κ2) is 6.75. The maximum absolute atomic E-state index is 12.6. The third-order valence-corrected chi connectivity index (χ3v) is 7.21. The highest BCUT2D eigenvalue weighted by atomic mass is 79.9. The maximum Gasteiger partial charge on any atom is 0.348 e. The van der Waals surface area contributed by atoms with Gasteiger partial charge in [0.1, 0.15) is 4.57 Å². The monoisotopic (exact) mass is 386 g/mol. The van der Waals surface area contributed by atoms with Crippen LogP contribution in [0.4, 0.5) is 0 Å². The van der Waals surface area contributed by atoms with Crippen LogP contribution in [-0.2, 0) is 23.2 Å². The molecule has 4 atom stereocenters. The van der Waals surface area contributed by atoms with Gasteiger partial charge in [0, 0.05) is 28.2 Å². The van der Waals surface area contributed by atoms with Crippen LogP contribution in [0.2, 0.25) is 0 Å². The summed E-state index contributed by atoms with van der Waals surface area (Å²) < 4.78 is 22.1. The Hall–Kier alpha value is -0.470. The molecule has 0 saturated carbocycles. The third kappa shape index (κ3) is 3.84. The Morgan fingerprint density at radius 1 is 1.10 bits per heavy atom. The van der Waals surface area contributed by atoms with E-state index in [-0.39, 0.29) is 0 Å². The van der Waals surface area contributed by atoms with Crippen molar-refractivity contribution in [1.29, 1.82) is 0 Å². The van der Waals surface area contributed by atoms with Crippen molar-refractivity contribution in [3.8, 4) is 0 Å². The van der Waals surface area contributed by atoms with E-state index in [9.17, 15) is 19.3 Å². The summed E-state index contributed by atoms with van der Waals surface area (Å²) in [6.07, 6.45) is -3.65. The average molecular weight is 387 g/mol. The first kappa shape index (κ1) is 18.6. The van der Waals surface area contributed by atoms with Gasteiger partial charge in [-0.05, 0) is 6.92 Å². The summed E-state index contributed by atoms with van der Waals surface area (Å²) >= 11 is 3.04. The van der Waals surface area contributed by atoms with Crippen LogP contribution < -0.4 is 0 Å². The number of hydrogen-bond acceptors (Lipinski definition) is 6. The molecule has 10 heteroatoms. The molecule has 0 radical (unpaired) electrons. The lowest BCUT2D eigenvalue weighted by atomic mass is 10.1. The number of aliphatic hydroxyl groups excluding tert-OH is 1. The van der Waals surface area contributed by atoms with Crippen molar-refractivity contribution in [3.63, 3.8) is 0 Å². The highest BCUT2D eigenvalue weighted by molar-refractivity contribution is 9.10. The van der Waals surface area contributed by atoms with Crippen molar-refractivity contribution in [1.82, 2.24) is 9.80 Å². The Morgan fingerprint density at radius 3 is 1.67 bits per heavy atom. The number of amides is 2. The van der Waals surface area contributed by atoms with E-state index >= 15 is 0 Å². The minimum atomic E-state index is -3.84. The SMILES string of the molecule is CC(O)C(Br)P1(=O)O[C@@H](C(=O)N(C)C)[C@H](C(=O)N(C)C)O1. The van der Waals surface area contributed by atoms with Crippen LogP contribution in [-0.4, -0.2) is 77.8 Å². The lowest BCUT2D eigenvalue weighted by Crippen LogP contribution is -2.47. The van der Waals surface area contributed by atoms with Crippen molar-refractivity contribution < 1.29 is 28.3 Å². The maximum atomic E-state index is 12.6. The van der Waals surface area contributed by atoms with E-state index < -0.39 is 42.3 Å². The Balaban J connectivity index is 3.13. The summed E-state index contributed by atoms with van der Waals surface area (Å²) in [7, 11) is 2.12. The van der Waals surface area contributed by atoms with Gasteiger partial charge in [-0.25, -0.2) is 0 Å². The van der Waals surface area contributed by atoms with Crippen molar-refractivity contribution in [2.45, 2.75) is 29.8 Å². The molecule has 122 valence electrons. The fourth-order valence-electron chi connectivity index (χ4n) is 1.69. The number of nitrogens with zero attached hydrogens (tertiary/aromatic N) is 2. The first-order valence-corrected chi connectivity index (χ1v) is 8.75. The predicted octanol–water partition coefficient (Wildman–Crippen LogP) is 0.242. The number of carbonyl (C=O) groups is 2.